The van der Waals surface area contributed by atoms with Crippen LogP contribution >= 0.6 is 0 Å². The zero-order chi connectivity index (χ0) is 25.3. The number of likely N-dealkylation sites (N-methyl/N-ethyl adjacent to an activating group) is 1. The van der Waals surface area contributed by atoms with Gasteiger partial charge in [-0.3, -0.25) is 14.4 Å². The highest BCUT2D eigenvalue weighted by atomic mass is 16.2. The van der Waals surface area contributed by atoms with Gasteiger partial charge in [0.2, 0.25) is 11.8 Å². The Morgan fingerprint density at radius 2 is 1.71 bits per heavy atom. The maximum Gasteiger partial charge on any atom is 0.251 e. The van der Waals surface area contributed by atoms with Crippen molar-refractivity contribution in [1.82, 2.24) is 20.9 Å². The lowest BCUT2D eigenvalue weighted by molar-refractivity contribution is -0.141. The first-order valence-corrected chi connectivity index (χ1v) is 12.7. The van der Waals surface area contributed by atoms with Crippen molar-refractivity contribution in [2.24, 2.45) is 11.3 Å². The molecule has 0 spiro atoms. The van der Waals surface area contributed by atoms with Gasteiger partial charge in [0.05, 0.1) is 12.1 Å². The molecule has 7 heteroatoms. The average Bonchev–Trinajstić information content (AvgIpc) is 3.43. The molecule has 188 valence electrons. The molecule has 1 saturated heterocycles. The lowest BCUT2D eigenvalue weighted by atomic mass is 9.85. The maximum absolute atomic E-state index is 13.8. The monoisotopic (exact) mass is 478 g/mol. The second-order valence-corrected chi connectivity index (χ2v) is 11.1. The van der Waals surface area contributed by atoms with Crippen LogP contribution in [0.25, 0.3) is 10.8 Å². The number of nitrogens with one attached hydrogen (secondary N) is 3. The van der Waals surface area contributed by atoms with Crippen molar-refractivity contribution >= 4 is 28.5 Å². The Morgan fingerprint density at radius 3 is 2.40 bits per heavy atom. The molecule has 1 unspecified atom stereocenters. The topological polar surface area (TPSA) is 90.5 Å². The third-order valence-corrected chi connectivity index (χ3v) is 7.68. The van der Waals surface area contributed by atoms with Crippen LogP contribution < -0.4 is 16.0 Å². The minimum absolute atomic E-state index is 0.0459. The van der Waals surface area contributed by atoms with Crippen molar-refractivity contribution < 1.29 is 14.4 Å². The Balaban J connectivity index is 1.51. The van der Waals surface area contributed by atoms with E-state index in [0.29, 0.717) is 18.0 Å². The second kappa shape index (κ2) is 9.97. The molecule has 0 radical (unpaired) electrons. The first kappa shape index (κ1) is 25.2. The van der Waals surface area contributed by atoms with Crippen LogP contribution in [-0.4, -0.2) is 60.4 Å². The first-order chi connectivity index (χ1) is 16.6. The SMILES string of the molecule is CN[C@@H](C)C(=O)N[C@H](C(=O)N1CC[C@H]2CCC(NC(=O)c3ccc4ccccc4c3)[C@H]21)C(C)(C)C. The van der Waals surface area contributed by atoms with Crippen molar-refractivity contribution in [3.8, 4) is 0 Å². The summed E-state index contributed by atoms with van der Waals surface area (Å²) in [5, 5.41) is 11.3. The number of hydrogen-bond donors (Lipinski definition) is 3. The Kier molecular flexibility index (Phi) is 7.17. The van der Waals surface area contributed by atoms with Crippen molar-refractivity contribution in [2.45, 2.75) is 71.1 Å². The standard InChI is InChI=1S/C28H38N4O3/c1-17(29-5)25(33)31-24(28(2,3)4)27(35)32-15-14-19-12-13-22(23(19)32)30-26(34)21-11-10-18-8-6-7-9-20(18)16-21/h6-11,16-17,19,22-24,29H,12-15H2,1-5H3,(H,30,34)(H,31,33)/t17-,19+,22?,23-,24+/m0/s1. The third kappa shape index (κ3) is 5.20. The van der Waals surface area contributed by atoms with Gasteiger partial charge < -0.3 is 20.9 Å². The van der Waals surface area contributed by atoms with Crippen LogP contribution in [0.5, 0.6) is 0 Å². The van der Waals surface area contributed by atoms with E-state index < -0.39 is 11.5 Å². The quantitative estimate of drug-likeness (QED) is 0.595. The van der Waals surface area contributed by atoms with E-state index in [1.807, 2.05) is 68.1 Å². The molecule has 3 amide bonds. The number of likely N-dealkylation sites (tertiary alicyclic amines) is 1. The number of nitrogens with zero attached hydrogens (tertiary/aromatic N) is 1. The van der Waals surface area contributed by atoms with E-state index in [4.69, 9.17) is 0 Å². The van der Waals surface area contributed by atoms with Gasteiger partial charge in [0, 0.05) is 18.2 Å². The highest BCUT2D eigenvalue weighted by Gasteiger charge is 2.49. The molecule has 0 aromatic heterocycles. The van der Waals surface area contributed by atoms with Crippen LogP contribution in [0.4, 0.5) is 0 Å². The van der Waals surface area contributed by atoms with E-state index in [1.54, 1.807) is 14.0 Å². The van der Waals surface area contributed by atoms with Crippen LogP contribution in [0, 0.1) is 11.3 Å². The van der Waals surface area contributed by atoms with Crippen molar-refractivity contribution in [2.75, 3.05) is 13.6 Å². The molecule has 1 saturated carbocycles. The molecule has 35 heavy (non-hydrogen) atoms. The van der Waals surface area contributed by atoms with Crippen LogP contribution in [-0.2, 0) is 9.59 Å². The van der Waals surface area contributed by atoms with Gasteiger partial charge in [0.1, 0.15) is 6.04 Å². The Bertz CT molecular complexity index is 1110. The fourth-order valence-corrected chi connectivity index (χ4v) is 5.51. The first-order valence-electron chi connectivity index (χ1n) is 12.7. The molecule has 2 aromatic carbocycles. The number of fused-ring (bicyclic) bond motifs is 2. The van der Waals surface area contributed by atoms with Gasteiger partial charge in [-0.15, -0.1) is 0 Å². The van der Waals surface area contributed by atoms with Gasteiger partial charge in [0.15, 0.2) is 0 Å². The number of benzene rings is 2. The molecule has 2 aliphatic rings. The second-order valence-electron chi connectivity index (χ2n) is 11.1. The molecule has 1 aliphatic carbocycles. The molecule has 3 N–H and O–H groups in total. The van der Waals surface area contributed by atoms with E-state index >= 15 is 0 Å². The fraction of sp³-hybridized carbons (Fsp3) is 0.536. The minimum atomic E-state index is -0.637. The average molecular weight is 479 g/mol. The molecule has 1 heterocycles. The summed E-state index contributed by atoms with van der Waals surface area (Å²) in [6, 6.07) is 12.6. The van der Waals surface area contributed by atoms with Crippen molar-refractivity contribution in [3.63, 3.8) is 0 Å². The minimum Gasteiger partial charge on any atom is -0.347 e. The molecule has 1 aliphatic heterocycles. The molecule has 0 bridgehead atoms. The number of amides is 3. The Morgan fingerprint density at radius 1 is 1.00 bits per heavy atom. The normalized spacial score (nSPS) is 23.6. The fourth-order valence-electron chi connectivity index (χ4n) is 5.51. The van der Waals surface area contributed by atoms with Gasteiger partial charge in [0.25, 0.3) is 5.91 Å². The van der Waals surface area contributed by atoms with E-state index in [2.05, 4.69) is 16.0 Å². The van der Waals surface area contributed by atoms with Crippen molar-refractivity contribution in [1.29, 1.82) is 0 Å². The highest BCUT2D eigenvalue weighted by Crippen LogP contribution is 2.39. The summed E-state index contributed by atoms with van der Waals surface area (Å²) in [4.78, 5) is 41.5. The van der Waals surface area contributed by atoms with Crippen molar-refractivity contribution in [3.05, 3.63) is 48.0 Å². The van der Waals surface area contributed by atoms with Crippen LogP contribution in [0.1, 0.15) is 57.3 Å². The maximum atomic E-state index is 13.8. The Hall–Kier alpha value is -2.93. The summed E-state index contributed by atoms with van der Waals surface area (Å²) in [5.74, 6) is 0.00948. The van der Waals surface area contributed by atoms with Gasteiger partial charge >= 0.3 is 0 Å². The molecule has 2 aromatic rings. The van der Waals surface area contributed by atoms with Gasteiger partial charge in [-0.1, -0.05) is 51.1 Å². The summed E-state index contributed by atoms with van der Waals surface area (Å²) < 4.78 is 0. The number of carbonyl (C=O) groups is 3. The highest BCUT2D eigenvalue weighted by molar-refractivity contribution is 5.99. The third-order valence-electron chi connectivity index (χ3n) is 7.68. The lowest BCUT2D eigenvalue weighted by Crippen LogP contribution is -2.60. The molecule has 2 fully saturated rings. The summed E-state index contributed by atoms with van der Waals surface area (Å²) in [5.41, 5.74) is 0.185. The lowest BCUT2D eigenvalue weighted by Gasteiger charge is -2.37. The van der Waals surface area contributed by atoms with E-state index in [-0.39, 0.29) is 35.8 Å². The summed E-state index contributed by atoms with van der Waals surface area (Å²) >= 11 is 0. The Labute approximate surface area is 208 Å². The smallest absolute Gasteiger partial charge is 0.251 e. The molecule has 7 nitrogen and oxygen atoms in total. The molecular formula is C28H38N4O3. The van der Waals surface area contributed by atoms with Gasteiger partial charge in [-0.05, 0) is 67.5 Å². The number of hydrogen-bond acceptors (Lipinski definition) is 4. The number of carbonyl (C=O) groups excluding carboxylic acids is 3. The van der Waals surface area contributed by atoms with Gasteiger partial charge in [-0.25, -0.2) is 0 Å². The predicted octanol–water partition coefficient (Wildman–Crippen LogP) is 3.09. The zero-order valence-corrected chi connectivity index (χ0v) is 21.4. The van der Waals surface area contributed by atoms with E-state index in [1.165, 1.54) is 0 Å². The zero-order valence-electron chi connectivity index (χ0n) is 21.4. The van der Waals surface area contributed by atoms with E-state index in [0.717, 1.165) is 30.0 Å². The summed E-state index contributed by atoms with van der Waals surface area (Å²) in [6.07, 6.45) is 2.76. The predicted molar refractivity (Wildman–Crippen MR) is 138 cm³/mol. The van der Waals surface area contributed by atoms with Crippen LogP contribution in [0.3, 0.4) is 0 Å². The summed E-state index contributed by atoms with van der Waals surface area (Å²) in [7, 11) is 1.73. The largest absolute Gasteiger partial charge is 0.347 e. The van der Waals surface area contributed by atoms with Crippen LogP contribution in [0.15, 0.2) is 42.5 Å². The summed E-state index contributed by atoms with van der Waals surface area (Å²) in [6.45, 7) is 8.35. The van der Waals surface area contributed by atoms with Crippen LogP contribution in [0.2, 0.25) is 0 Å². The molecular weight excluding hydrogens is 440 g/mol. The number of rotatable bonds is 6. The van der Waals surface area contributed by atoms with E-state index in [9.17, 15) is 14.4 Å². The van der Waals surface area contributed by atoms with Gasteiger partial charge in [-0.2, -0.15) is 0 Å². The molecule has 5 atom stereocenters. The molecule has 4 rings (SSSR count).